The van der Waals surface area contributed by atoms with Gasteiger partial charge < -0.3 is 11.8 Å². The Morgan fingerprint density at radius 1 is 1.60 bits per heavy atom. The minimum Gasteiger partial charge on any atom is -1.00 e. The van der Waals surface area contributed by atoms with Crippen LogP contribution >= 0.6 is 0 Å². The summed E-state index contributed by atoms with van der Waals surface area (Å²) in [5, 5.41) is 11.4. The maximum absolute atomic E-state index is 10.3. The third-order valence-corrected chi connectivity index (χ3v) is 1.61. The zero-order valence-corrected chi connectivity index (χ0v) is 6.26. The van der Waals surface area contributed by atoms with Crippen LogP contribution in [0.25, 0.3) is 0 Å². The zero-order valence-electron chi connectivity index (χ0n) is 7.26. The van der Waals surface area contributed by atoms with Crippen LogP contribution in [0.3, 0.4) is 0 Å². The molecule has 1 rings (SSSR count). The third kappa shape index (κ3) is 2.74. The van der Waals surface area contributed by atoms with Gasteiger partial charge in [-0.1, -0.05) is 6.42 Å². The van der Waals surface area contributed by atoms with Gasteiger partial charge in [0.15, 0.2) is 0 Å². The molecular weight excluding hydrogens is 125 g/mol. The topological polar surface area (TPSA) is 49.3 Å². The van der Waals surface area contributed by atoms with Crippen molar-refractivity contribution in [3.63, 3.8) is 0 Å². The molecule has 4 heteroatoms. The Bertz CT molecular complexity index is 117. The molecule has 1 atom stereocenters. The van der Waals surface area contributed by atoms with Crippen molar-refractivity contribution < 1.29 is 30.2 Å². The summed E-state index contributed by atoms with van der Waals surface area (Å²) in [4.78, 5) is 10.3. The third-order valence-electron chi connectivity index (χ3n) is 1.61. The van der Waals surface area contributed by atoms with Crippen molar-refractivity contribution in [1.29, 1.82) is 0 Å². The SMILES string of the molecule is O=C(O)C1CCCCN1.[H-].[Li+]. The van der Waals surface area contributed by atoms with Crippen molar-refractivity contribution in [2.24, 2.45) is 0 Å². The van der Waals surface area contributed by atoms with Crippen molar-refractivity contribution in [3.8, 4) is 0 Å². The predicted octanol–water partition coefficient (Wildman–Crippen LogP) is -2.67. The number of carbonyl (C=O) groups is 1. The molecule has 0 spiro atoms. The number of piperidine rings is 1. The van der Waals surface area contributed by atoms with Gasteiger partial charge in [0, 0.05) is 0 Å². The predicted molar refractivity (Wildman–Crippen MR) is 34.4 cm³/mol. The van der Waals surface area contributed by atoms with Crippen LogP contribution in [0.1, 0.15) is 20.7 Å². The van der Waals surface area contributed by atoms with Gasteiger partial charge >= 0.3 is 24.8 Å². The van der Waals surface area contributed by atoms with Crippen molar-refractivity contribution >= 4 is 5.97 Å². The quantitative estimate of drug-likeness (QED) is 0.387. The molecule has 1 aliphatic heterocycles. The van der Waals surface area contributed by atoms with E-state index in [1.165, 1.54) is 0 Å². The molecule has 1 aliphatic rings. The van der Waals surface area contributed by atoms with E-state index < -0.39 is 5.97 Å². The molecule has 0 bridgehead atoms. The Morgan fingerprint density at radius 2 is 2.30 bits per heavy atom. The van der Waals surface area contributed by atoms with Gasteiger partial charge in [-0.05, 0) is 19.4 Å². The summed E-state index contributed by atoms with van der Waals surface area (Å²) < 4.78 is 0. The molecule has 0 radical (unpaired) electrons. The van der Waals surface area contributed by atoms with E-state index >= 15 is 0 Å². The zero-order chi connectivity index (χ0) is 6.69. The van der Waals surface area contributed by atoms with Crippen LogP contribution in [-0.2, 0) is 4.79 Å². The molecular formula is C6H12LiNO2. The molecule has 1 saturated heterocycles. The molecule has 0 aromatic carbocycles. The van der Waals surface area contributed by atoms with E-state index in [4.69, 9.17) is 5.11 Å². The Labute approximate surface area is 73.8 Å². The summed E-state index contributed by atoms with van der Waals surface area (Å²) in [5.41, 5.74) is 0. The Hall–Kier alpha value is 0.0274. The molecule has 2 N–H and O–H groups in total. The normalized spacial score (nSPS) is 25.0. The van der Waals surface area contributed by atoms with Gasteiger partial charge in [0.05, 0.1) is 0 Å². The minimum absolute atomic E-state index is 0. The largest absolute Gasteiger partial charge is 1.00 e. The Morgan fingerprint density at radius 3 is 2.60 bits per heavy atom. The van der Waals surface area contributed by atoms with Crippen LogP contribution in [-0.4, -0.2) is 23.7 Å². The van der Waals surface area contributed by atoms with Crippen LogP contribution in [0.4, 0.5) is 0 Å². The number of aliphatic carboxylic acids is 1. The average molecular weight is 137 g/mol. The molecule has 54 valence electrons. The number of carboxylic acid groups (broad SMARTS) is 1. The second kappa shape index (κ2) is 4.78. The summed E-state index contributed by atoms with van der Waals surface area (Å²) >= 11 is 0. The van der Waals surface area contributed by atoms with Crippen molar-refractivity contribution in [3.05, 3.63) is 0 Å². The maximum atomic E-state index is 10.3. The molecule has 1 heterocycles. The van der Waals surface area contributed by atoms with Gasteiger partial charge in [0.25, 0.3) is 0 Å². The maximum Gasteiger partial charge on any atom is 1.00 e. The fourth-order valence-corrected chi connectivity index (χ4v) is 1.06. The first-order valence-corrected chi connectivity index (χ1v) is 3.27. The van der Waals surface area contributed by atoms with Crippen LogP contribution in [0, 0.1) is 0 Å². The summed E-state index contributed by atoms with van der Waals surface area (Å²) in [6.45, 7) is 0.858. The number of carboxylic acids is 1. The van der Waals surface area contributed by atoms with Crippen LogP contribution < -0.4 is 24.2 Å². The van der Waals surface area contributed by atoms with Gasteiger partial charge in [-0.25, -0.2) is 0 Å². The molecule has 0 aromatic rings. The van der Waals surface area contributed by atoms with Crippen LogP contribution in [0.5, 0.6) is 0 Å². The second-order valence-corrected chi connectivity index (χ2v) is 2.34. The smallest absolute Gasteiger partial charge is 1.00 e. The average Bonchev–Trinajstić information content (AvgIpc) is 1.90. The van der Waals surface area contributed by atoms with E-state index in [0.717, 1.165) is 25.8 Å². The van der Waals surface area contributed by atoms with Gasteiger partial charge in [0.1, 0.15) is 6.04 Å². The van der Waals surface area contributed by atoms with Gasteiger partial charge in [-0.2, -0.15) is 0 Å². The molecule has 10 heavy (non-hydrogen) atoms. The first kappa shape index (κ1) is 10.0. The number of rotatable bonds is 1. The van der Waals surface area contributed by atoms with E-state index in [9.17, 15) is 4.79 Å². The Kier molecular flexibility index (Phi) is 4.80. The fraction of sp³-hybridized carbons (Fsp3) is 0.833. The number of hydrogen-bond acceptors (Lipinski definition) is 2. The molecule has 0 aromatic heterocycles. The van der Waals surface area contributed by atoms with Crippen molar-refractivity contribution in [2.75, 3.05) is 6.54 Å². The monoisotopic (exact) mass is 137 g/mol. The van der Waals surface area contributed by atoms with Crippen molar-refractivity contribution in [1.82, 2.24) is 5.32 Å². The standard InChI is InChI=1S/C6H11NO2.Li.H/c8-6(9)5-3-1-2-4-7-5;;/h5,7H,1-4H2,(H,8,9);;/q;+1;-1. The van der Waals surface area contributed by atoms with E-state index in [0.29, 0.717) is 0 Å². The number of hydrogen-bond donors (Lipinski definition) is 2. The summed E-state index contributed by atoms with van der Waals surface area (Å²) in [7, 11) is 0. The molecule has 0 aliphatic carbocycles. The summed E-state index contributed by atoms with van der Waals surface area (Å²) in [6, 6.07) is -0.279. The summed E-state index contributed by atoms with van der Waals surface area (Å²) in [6.07, 6.45) is 2.95. The minimum atomic E-state index is -0.713. The molecule has 3 nitrogen and oxygen atoms in total. The van der Waals surface area contributed by atoms with Gasteiger partial charge in [-0.3, -0.25) is 4.79 Å². The summed E-state index contributed by atoms with van der Waals surface area (Å²) in [5.74, 6) is -0.713. The van der Waals surface area contributed by atoms with Gasteiger partial charge in [-0.15, -0.1) is 0 Å². The molecule has 1 unspecified atom stereocenters. The van der Waals surface area contributed by atoms with Crippen molar-refractivity contribution in [2.45, 2.75) is 25.3 Å². The first-order chi connectivity index (χ1) is 4.30. The second-order valence-electron chi connectivity index (χ2n) is 2.34. The van der Waals surface area contributed by atoms with E-state index in [2.05, 4.69) is 5.32 Å². The Balaban J connectivity index is 0. The molecule has 1 fully saturated rings. The molecule has 0 saturated carbocycles. The van der Waals surface area contributed by atoms with Crippen LogP contribution in [0.15, 0.2) is 0 Å². The fourth-order valence-electron chi connectivity index (χ4n) is 1.06. The van der Waals surface area contributed by atoms with E-state index in [-0.39, 0.29) is 26.3 Å². The first-order valence-electron chi connectivity index (χ1n) is 3.27. The van der Waals surface area contributed by atoms with E-state index in [1.54, 1.807) is 0 Å². The van der Waals surface area contributed by atoms with Gasteiger partial charge in [0.2, 0.25) is 0 Å². The van der Waals surface area contributed by atoms with E-state index in [1.807, 2.05) is 0 Å². The molecule has 0 amide bonds. The number of nitrogens with one attached hydrogen (secondary N) is 1. The van der Waals surface area contributed by atoms with Crippen LogP contribution in [0.2, 0.25) is 0 Å².